The maximum Gasteiger partial charge on any atom is 0.143 e. The van der Waals surface area contributed by atoms with Crippen LogP contribution in [0.1, 0.15) is 18.3 Å². The molecule has 3 nitrogen and oxygen atoms in total. The van der Waals surface area contributed by atoms with Gasteiger partial charge >= 0.3 is 0 Å². The van der Waals surface area contributed by atoms with Crippen LogP contribution in [-0.4, -0.2) is 16.7 Å². The second-order valence-electron chi connectivity index (χ2n) is 3.30. The lowest BCUT2D eigenvalue weighted by molar-refractivity contribution is 0.262. The topological polar surface area (TPSA) is 42.4 Å². The lowest BCUT2D eigenvalue weighted by Crippen LogP contribution is -2.03. The minimum absolute atomic E-state index is 0.104. The smallest absolute Gasteiger partial charge is 0.143 e. The molecule has 0 bridgehead atoms. The molecule has 3 heteroatoms. The van der Waals surface area contributed by atoms with Crippen molar-refractivity contribution in [3.05, 3.63) is 35.7 Å². The van der Waals surface area contributed by atoms with E-state index in [9.17, 15) is 0 Å². The van der Waals surface area contributed by atoms with E-state index in [0.717, 1.165) is 11.3 Å². The largest absolute Gasteiger partial charge is 0.487 e. The van der Waals surface area contributed by atoms with Crippen LogP contribution in [0.15, 0.2) is 24.3 Å². The number of aliphatic hydroxyl groups excluding tert-OH is 1. The minimum Gasteiger partial charge on any atom is -0.487 e. The first kappa shape index (κ1) is 10.7. The quantitative estimate of drug-likeness (QED) is 0.742. The van der Waals surface area contributed by atoms with E-state index in [1.54, 1.807) is 0 Å². The number of aromatic nitrogens is 1. The summed E-state index contributed by atoms with van der Waals surface area (Å²) in [6.45, 7) is 7.85. The van der Waals surface area contributed by atoms with E-state index in [1.807, 2.05) is 26.0 Å². The number of pyridine rings is 1. The van der Waals surface area contributed by atoms with Crippen molar-refractivity contribution in [1.29, 1.82) is 0 Å². The summed E-state index contributed by atoms with van der Waals surface area (Å²) >= 11 is 0. The number of aliphatic hydroxyl groups is 1. The van der Waals surface area contributed by atoms with E-state index in [-0.39, 0.29) is 6.61 Å². The molecular weight excluding hydrogens is 178 g/mol. The average molecular weight is 193 g/mol. The predicted molar refractivity (Wildman–Crippen MR) is 55.2 cm³/mol. The van der Waals surface area contributed by atoms with Crippen molar-refractivity contribution in [3.63, 3.8) is 0 Å². The Morgan fingerprint density at radius 2 is 2.29 bits per heavy atom. The van der Waals surface area contributed by atoms with E-state index in [2.05, 4.69) is 11.6 Å². The fourth-order valence-electron chi connectivity index (χ4n) is 1.04. The van der Waals surface area contributed by atoms with Crippen molar-refractivity contribution in [3.8, 4) is 5.75 Å². The number of ether oxygens (including phenoxy) is 1. The first-order valence-electron chi connectivity index (χ1n) is 4.48. The van der Waals surface area contributed by atoms with Gasteiger partial charge in [0, 0.05) is 5.69 Å². The summed E-state index contributed by atoms with van der Waals surface area (Å²) in [5.41, 5.74) is 2.39. The normalized spacial score (nSPS) is 9.93. The molecule has 14 heavy (non-hydrogen) atoms. The van der Waals surface area contributed by atoms with Crippen molar-refractivity contribution < 1.29 is 9.84 Å². The number of hydrogen-bond acceptors (Lipinski definition) is 3. The van der Waals surface area contributed by atoms with Gasteiger partial charge in [0.1, 0.15) is 18.1 Å². The first-order chi connectivity index (χ1) is 6.63. The zero-order valence-corrected chi connectivity index (χ0v) is 8.58. The summed E-state index contributed by atoms with van der Waals surface area (Å²) in [7, 11) is 0. The Labute approximate surface area is 84.1 Å². The molecule has 0 aliphatic carbocycles. The average Bonchev–Trinajstić information content (AvgIpc) is 2.15. The fraction of sp³-hybridized carbons (Fsp3) is 0.364. The second kappa shape index (κ2) is 4.77. The van der Waals surface area contributed by atoms with Gasteiger partial charge in [-0.3, -0.25) is 4.98 Å². The molecule has 1 rings (SSSR count). The molecule has 0 radical (unpaired) electrons. The van der Waals surface area contributed by atoms with Gasteiger partial charge in [0.15, 0.2) is 0 Å². The van der Waals surface area contributed by atoms with Gasteiger partial charge in [-0.15, -0.1) is 0 Å². The summed E-state index contributed by atoms with van der Waals surface area (Å²) < 4.78 is 5.42. The van der Waals surface area contributed by atoms with Gasteiger partial charge < -0.3 is 9.84 Å². The summed E-state index contributed by atoms with van der Waals surface area (Å²) in [5, 5.41) is 9.04. The molecule has 0 spiro atoms. The highest BCUT2D eigenvalue weighted by Gasteiger charge is 2.04. The predicted octanol–water partition coefficient (Wildman–Crippen LogP) is 1.84. The third-order valence-electron chi connectivity index (χ3n) is 1.70. The van der Waals surface area contributed by atoms with Crippen molar-refractivity contribution in [2.45, 2.75) is 20.5 Å². The van der Waals surface area contributed by atoms with E-state index in [0.29, 0.717) is 18.1 Å². The Balaban J connectivity index is 2.80. The molecule has 0 aliphatic heterocycles. The fourth-order valence-corrected chi connectivity index (χ4v) is 1.04. The lowest BCUT2D eigenvalue weighted by Gasteiger charge is -2.09. The molecular formula is C11H15NO2. The van der Waals surface area contributed by atoms with Crippen LogP contribution >= 0.6 is 0 Å². The highest BCUT2D eigenvalue weighted by Crippen LogP contribution is 2.17. The van der Waals surface area contributed by atoms with Crippen LogP contribution in [0.2, 0.25) is 0 Å². The van der Waals surface area contributed by atoms with Crippen molar-refractivity contribution in [2.24, 2.45) is 0 Å². The molecule has 0 aromatic carbocycles. The summed E-state index contributed by atoms with van der Waals surface area (Å²) in [4.78, 5) is 4.16. The molecule has 0 amide bonds. The maximum absolute atomic E-state index is 9.04. The molecule has 1 aromatic rings. The van der Waals surface area contributed by atoms with Gasteiger partial charge in [-0.1, -0.05) is 6.58 Å². The van der Waals surface area contributed by atoms with E-state index in [4.69, 9.17) is 9.84 Å². The SMILES string of the molecule is C=C(C)COc1ccc(C)nc1CO. The van der Waals surface area contributed by atoms with E-state index < -0.39 is 0 Å². The van der Waals surface area contributed by atoms with Gasteiger partial charge in [0.25, 0.3) is 0 Å². The third-order valence-corrected chi connectivity index (χ3v) is 1.70. The summed E-state index contributed by atoms with van der Waals surface area (Å²) in [6.07, 6.45) is 0. The summed E-state index contributed by atoms with van der Waals surface area (Å²) in [5.74, 6) is 0.626. The van der Waals surface area contributed by atoms with Crippen LogP contribution in [0.3, 0.4) is 0 Å². The first-order valence-corrected chi connectivity index (χ1v) is 4.48. The second-order valence-corrected chi connectivity index (χ2v) is 3.30. The zero-order valence-electron chi connectivity index (χ0n) is 8.58. The molecule has 0 saturated carbocycles. The molecule has 1 N–H and O–H groups in total. The van der Waals surface area contributed by atoms with Gasteiger partial charge in [0.2, 0.25) is 0 Å². The molecule has 0 saturated heterocycles. The Hall–Kier alpha value is -1.35. The Morgan fingerprint density at radius 1 is 1.57 bits per heavy atom. The Kier molecular flexibility index (Phi) is 3.65. The number of nitrogens with zero attached hydrogens (tertiary/aromatic N) is 1. The Morgan fingerprint density at radius 3 is 2.86 bits per heavy atom. The van der Waals surface area contributed by atoms with Gasteiger partial charge in [-0.2, -0.15) is 0 Å². The van der Waals surface area contributed by atoms with Crippen LogP contribution in [-0.2, 0) is 6.61 Å². The molecule has 1 heterocycles. The van der Waals surface area contributed by atoms with E-state index >= 15 is 0 Å². The lowest BCUT2D eigenvalue weighted by atomic mass is 10.3. The number of aryl methyl sites for hydroxylation is 1. The van der Waals surface area contributed by atoms with Crippen molar-refractivity contribution in [2.75, 3.05) is 6.61 Å². The van der Waals surface area contributed by atoms with Crippen LogP contribution < -0.4 is 4.74 Å². The van der Waals surface area contributed by atoms with Gasteiger partial charge in [-0.05, 0) is 31.6 Å². The van der Waals surface area contributed by atoms with Gasteiger partial charge in [-0.25, -0.2) is 0 Å². The number of hydrogen-bond donors (Lipinski definition) is 1. The van der Waals surface area contributed by atoms with Gasteiger partial charge in [0.05, 0.1) is 6.61 Å². The minimum atomic E-state index is -0.104. The molecule has 0 unspecified atom stereocenters. The van der Waals surface area contributed by atoms with Crippen LogP contribution in [0.4, 0.5) is 0 Å². The van der Waals surface area contributed by atoms with Crippen molar-refractivity contribution >= 4 is 0 Å². The van der Waals surface area contributed by atoms with Crippen molar-refractivity contribution in [1.82, 2.24) is 4.98 Å². The molecule has 76 valence electrons. The Bertz CT molecular complexity index is 334. The molecule has 0 aliphatic rings. The maximum atomic E-state index is 9.04. The third kappa shape index (κ3) is 2.85. The molecule has 0 atom stereocenters. The molecule has 1 aromatic heterocycles. The van der Waals surface area contributed by atoms with E-state index in [1.165, 1.54) is 0 Å². The standard InChI is InChI=1S/C11H15NO2/c1-8(2)7-14-11-5-4-9(3)12-10(11)6-13/h4-5,13H,1,6-7H2,2-3H3. The summed E-state index contributed by atoms with van der Waals surface area (Å²) in [6, 6.07) is 3.67. The highest BCUT2D eigenvalue weighted by molar-refractivity contribution is 5.29. The molecule has 0 fully saturated rings. The zero-order chi connectivity index (χ0) is 10.6. The highest BCUT2D eigenvalue weighted by atomic mass is 16.5. The number of rotatable bonds is 4. The van der Waals surface area contributed by atoms with Crippen LogP contribution in [0.5, 0.6) is 5.75 Å². The van der Waals surface area contributed by atoms with Crippen LogP contribution in [0, 0.1) is 6.92 Å². The monoisotopic (exact) mass is 193 g/mol. The van der Waals surface area contributed by atoms with Crippen LogP contribution in [0.25, 0.3) is 0 Å².